The molecule has 3 heteroatoms. The van der Waals surface area contributed by atoms with Gasteiger partial charge in [0.15, 0.2) is 0 Å². The fourth-order valence-electron chi connectivity index (χ4n) is 1.20. The van der Waals surface area contributed by atoms with Crippen LogP contribution in [0.1, 0.15) is 27.7 Å². The molecule has 0 amide bonds. The minimum absolute atomic E-state index is 0.226. The first-order valence-electron chi connectivity index (χ1n) is 3.86. The first-order chi connectivity index (χ1) is 5.70. The maximum absolute atomic E-state index is 11.2. The first-order valence-corrected chi connectivity index (χ1v) is 4.74. The molecule has 0 aliphatic rings. The van der Waals surface area contributed by atoms with Crippen molar-refractivity contribution >= 4 is 17.3 Å². The largest absolute Gasteiger partial charge is 0.465 e. The molecule has 0 spiro atoms. The smallest absolute Gasteiger partial charge is 0.338 e. The Kier molecular flexibility index (Phi) is 2.87. The topological polar surface area (TPSA) is 26.3 Å². The molecule has 0 aromatic carbocycles. The number of rotatable bonds is 2. The van der Waals surface area contributed by atoms with Crippen LogP contribution < -0.4 is 0 Å². The summed E-state index contributed by atoms with van der Waals surface area (Å²) in [5.41, 5.74) is 1.84. The molecule has 12 heavy (non-hydrogen) atoms. The molecule has 0 N–H and O–H groups in total. The van der Waals surface area contributed by atoms with Gasteiger partial charge in [-0.25, -0.2) is 4.79 Å². The summed E-state index contributed by atoms with van der Waals surface area (Å²) in [6.07, 6.45) is 0.889. The van der Waals surface area contributed by atoms with Gasteiger partial charge >= 0.3 is 5.97 Å². The molecule has 1 rings (SSSR count). The highest BCUT2D eigenvalue weighted by Crippen LogP contribution is 2.22. The van der Waals surface area contributed by atoms with Crippen LogP contribution in [-0.4, -0.2) is 13.1 Å². The summed E-state index contributed by atoms with van der Waals surface area (Å²) in [7, 11) is 1.41. The number of carbonyl (C=O) groups is 1. The van der Waals surface area contributed by atoms with Gasteiger partial charge in [0.25, 0.3) is 0 Å². The van der Waals surface area contributed by atoms with E-state index >= 15 is 0 Å². The molecule has 0 saturated heterocycles. The van der Waals surface area contributed by atoms with E-state index in [-0.39, 0.29) is 5.97 Å². The number of thiophene rings is 1. The van der Waals surface area contributed by atoms with Crippen LogP contribution in [0.4, 0.5) is 0 Å². The quantitative estimate of drug-likeness (QED) is 0.660. The van der Waals surface area contributed by atoms with Crippen LogP contribution in [0.3, 0.4) is 0 Å². The zero-order chi connectivity index (χ0) is 9.14. The van der Waals surface area contributed by atoms with Gasteiger partial charge in [-0.1, -0.05) is 6.92 Å². The second-order valence-corrected chi connectivity index (χ2v) is 3.61. The number of esters is 1. The van der Waals surface area contributed by atoms with Crippen molar-refractivity contribution in [3.63, 3.8) is 0 Å². The Bertz CT molecular complexity index is 289. The maximum atomic E-state index is 11.2. The predicted octanol–water partition coefficient (Wildman–Crippen LogP) is 2.41. The average Bonchev–Trinajstić information content (AvgIpc) is 2.45. The van der Waals surface area contributed by atoms with Crippen LogP contribution in [0.2, 0.25) is 0 Å². The van der Waals surface area contributed by atoms with Crippen molar-refractivity contribution in [2.24, 2.45) is 0 Å². The van der Waals surface area contributed by atoms with Gasteiger partial charge < -0.3 is 4.74 Å². The highest BCUT2D eigenvalue weighted by atomic mass is 32.1. The fourth-order valence-corrected chi connectivity index (χ4v) is 2.13. The molecule has 1 heterocycles. The molecule has 2 nitrogen and oxygen atoms in total. The second-order valence-electron chi connectivity index (χ2n) is 2.53. The van der Waals surface area contributed by atoms with Crippen LogP contribution in [0.15, 0.2) is 5.38 Å². The SMILES string of the molecule is CCc1c(C(=O)OC)csc1C. The molecular formula is C9H12O2S. The van der Waals surface area contributed by atoms with E-state index in [4.69, 9.17) is 0 Å². The molecule has 1 aromatic rings. The number of methoxy groups -OCH3 is 1. The van der Waals surface area contributed by atoms with Gasteiger partial charge in [-0.2, -0.15) is 0 Å². The zero-order valence-electron chi connectivity index (χ0n) is 7.51. The number of hydrogen-bond donors (Lipinski definition) is 0. The fraction of sp³-hybridized carbons (Fsp3) is 0.444. The zero-order valence-corrected chi connectivity index (χ0v) is 8.33. The van der Waals surface area contributed by atoms with Crippen molar-refractivity contribution in [2.75, 3.05) is 7.11 Å². The lowest BCUT2D eigenvalue weighted by atomic mass is 10.1. The summed E-state index contributed by atoms with van der Waals surface area (Å²) >= 11 is 1.60. The maximum Gasteiger partial charge on any atom is 0.338 e. The van der Waals surface area contributed by atoms with Gasteiger partial charge in [0.05, 0.1) is 12.7 Å². The van der Waals surface area contributed by atoms with Crippen molar-refractivity contribution in [1.82, 2.24) is 0 Å². The Labute approximate surface area is 76.2 Å². The third-order valence-corrected chi connectivity index (χ3v) is 2.82. The van der Waals surface area contributed by atoms with E-state index in [2.05, 4.69) is 4.74 Å². The summed E-state index contributed by atoms with van der Waals surface area (Å²) in [4.78, 5) is 12.4. The summed E-state index contributed by atoms with van der Waals surface area (Å²) in [5.74, 6) is -0.226. The average molecular weight is 184 g/mol. The van der Waals surface area contributed by atoms with Gasteiger partial charge in [0, 0.05) is 10.3 Å². The van der Waals surface area contributed by atoms with Crippen molar-refractivity contribution in [3.05, 3.63) is 21.4 Å². The normalized spacial score (nSPS) is 9.92. The van der Waals surface area contributed by atoms with Crippen molar-refractivity contribution in [1.29, 1.82) is 0 Å². The van der Waals surface area contributed by atoms with Gasteiger partial charge in [0.2, 0.25) is 0 Å². The Morgan fingerprint density at radius 2 is 2.33 bits per heavy atom. The Hall–Kier alpha value is -0.830. The van der Waals surface area contributed by atoms with E-state index in [0.29, 0.717) is 0 Å². The predicted molar refractivity (Wildman–Crippen MR) is 49.8 cm³/mol. The molecule has 0 atom stereocenters. The number of hydrogen-bond acceptors (Lipinski definition) is 3. The van der Waals surface area contributed by atoms with E-state index < -0.39 is 0 Å². The molecule has 0 aliphatic heterocycles. The molecule has 0 fully saturated rings. The number of aryl methyl sites for hydroxylation is 1. The van der Waals surface area contributed by atoms with E-state index in [9.17, 15) is 4.79 Å². The molecular weight excluding hydrogens is 172 g/mol. The Balaban J connectivity index is 3.07. The van der Waals surface area contributed by atoms with Crippen LogP contribution in [0, 0.1) is 6.92 Å². The highest BCUT2D eigenvalue weighted by molar-refractivity contribution is 7.10. The molecule has 0 radical (unpaired) electrons. The minimum Gasteiger partial charge on any atom is -0.465 e. The van der Waals surface area contributed by atoms with E-state index in [1.165, 1.54) is 12.0 Å². The van der Waals surface area contributed by atoms with E-state index in [0.717, 1.165) is 17.5 Å². The third-order valence-electron chi connectivity index (χ3n) is 1.86. The molecule has 0 saturated carbocycles. The first kappa shape index (κ1) is 9.26. The standard InChI is InChI=1S/C9H12O2S/c1-4-7-6(2)12-5-8(7)9(10)11-3/h5H,4H2,1-3H3. The molecule has 0 unspecified atom stereocenters. The van der Waals surface area contributed by atoms with Crippen molar-refractivity contribution < 1.29 is 9.53 Å². The van der Waals surface area contributed by atoms with Gasteiger partial charge in [0.1, 0.15) is 0 Å². The van der Waals surface area contributed by atoms with Crippen LogP contribution >= 0.6 is 11.3 Å². The summed E-state index contributed by atoms with van der Waals surface area (Å²) < 4.78 is 4.66. The number of carbonyl (C=O) groups excluding carboxylic acids is 1. The Morgan fingerprint density at radius 1 is 1.67 bits per heavy atom. The molecule has 0 aliphatic carbocycles. The molecule has 0 bridgehead atoms. The van der Waals surface area contributed by atoms with Crippen LogP contribution in [-0.2, 0) is 11.2 Å². The number of ether oxygens (including phenoxy) is 1. The monoisotopic (exact) mass is 184 g/mol. The lowest BCUT2D eigenvalue weighted by Crippen LogP contribution is -2.02. The highest BCUT2D eigenvalue weighted by Gasteiger charge is 2.13. The van der Waals surface area contributed by atoms with Crippen molar-refractivity contribution in [2.45, 2.75) is 20.3 Å². The lowest BCUT2D eigenvalue weighted by Gasteiger charge is -1.99. The Morgan fingerprint density at radius 3 is 2.83 bits per heavy atom. The van der Waals surface area contributed by atoms with Gasteiger partial charge in [-0.3, -0.25) is 0 Å². The second kappa shape index (κ2) is 3.72. The molecule has 1 aromatic heterocycles. The summed E-state index contributed by atoms with van der Waals surface area (Å²) in [5, 5.41) is 1.86. The van der Waals surface area contributed by atoms with E-state index in [1.54, 1.807) is 11.3 Å². The van der Waals surface area contributed by atoms with Crippen LogP contribution in [0.25, 0.3) is 0 Å². The minimum atomic E-state index is -0.226. The van der Waals surface area contributed by atoms with E-state index in [1.807, 2.05) is 19.2 Å². The third kappa shape index (κ3) is 1.50. The van der Waals surface area contributed by atoms with Crippen LogP contribution in [0.5, 0.6) is 0 Å². The summed E-state index contributed by atoms with van der Waals surface area (Å²) in [6, 6.07) is 0. The van der Waals surface area contributed by atoms with Gasteiger partial charge in [-0.05, 0) is 18.9 Å². The van der Waals surface area contributed by atoms with Crippen molar-refractivity contribution in [3.8, 4) is 0 Å². The van der Waals surface area contributed by atoms with Gasteiger partial charge in [-0.15, -0.1) is 11.3 Å². The lowest BCUT2D eigenvalue weighted by molar-refractivity contribution is 0.0600. The molecule has 66 valence electrons. The summed E-state index contributed by atoms with van der Waals surface area (Å²) in [6.45, 7) is 4.07.